The minimum absolute atomic E-state index is 0.270. The highest BCUT2D eigenvalue weighted by molar-refractivity contribution is 5.88. The first-order valence-corrected chi connectivity index (χ1v) is 8.21. The number of aromatic nitrogens is 2. The molecule has 0 spiro atoms. The zero-order valence-corrected chi connectivity index (χ0v) is 14.0. The van der Waals surface area contributed by atoms with Crippen molar-refractivity contribution in [2.24, 2.45) is 0 Å². The fraction of sp³-hybridized carbons (Fsp3) is 0.389. The van der Waals surface area contributed by atoms with E-state index in [4.69, 9.17) is 5.11 Å². The van der Waals surface area contributed by atoms with Crippen LogP contribution in [0.15, 0.2) is 36.4 Å². The summed E-state index contributed by atoms with van der Waals surface area (Å²) in [4.78, 5) is 15.6. The molecule has 0 saturated carbocycles. The monoisotopic (exact) mass is 326 g/mol. The highest BCUT2D eigenvalue weighted by atomic mass is 16.4. The third-order valence-electron chi connectivity index (χ3n) is 4.45. The average Bonchev–Trinajstić information content (AvgIpc) is 2.62. The van der Waals surface area contributed by atoms with Crippen LogP contribution in [0.4, 0.5) is 5.82 Å². The van der Waals surface area contributed by atoms with Crippen LogP contribution in [-0.2, 0) is 0 Å². The van der Waals surface area contributed by atoms with Crippen molar-refractivity contribution in [3.63, 3.8) is 0 Å². The maximum Gasteiger partial charge on any atom is 0.335 e. The quantitative estimate of drug-likeness (QED) is 0.930. The van der Waals surface area contributed by atoms with Crippen LogP contribution in [0, 0.1) is 0 Å². The molecule has 2 aromatic rings. The largest absolute Gasteiger partial charge is 0.478 e. The Morgan fingerprint density at radius 1 is 1.00 bits per heavy atom. The first kappa shape index (κ1) is 16.4. The lowest BCUT2D eigenvalue weighted by Crippen LogP contribution is -2.49. The van der Waals surface area contributed by atoms with Gasteiger partial charge in [0.15, 0.2) is 5.82 Å². The lowest BCUT2D eigenvalue weighted by Gasteiger charge is -2.37. The predicted molar refractivity (Wildman–Crippen MR) is 93.3 cm³/mol. The smallest absolute Gasteiger partial charge is 0.335 e. The lowest BCUT2D eigenvalue weighted by atomic mass is 10.1. The van der Waals surface area contributed by atoms with E-state index < -0.39 is 5.97 Å². The Bertz CT molecular complexity index is 690. The van der Waals surface area contributed by atoms with E-state index >= 15 is 0 Å². The highest BCUT2D eigenvalue weighted by Gasteiger charge is 2.20. The standard InChI is InChI=1S/C18H22N4O2/c1-13(2)21-9-11-22(12-10-21)17-8-7-16(19-20-17)14-3-5-15(6-4-14)18(23)24/h3-8,13H,9-12H2,1-2H3,(H,23,24). The SMILES string of the molecule is CC(C)N1CCN(c2ccc(-c3ccc(C(=O)O)cc3)nn2)CC1. The molecule has 6 nitrogen and oxygen atoms in total. The van der Waals surface area contributed by atoms with Crippen LogP contribution in [0.2, 0.25) is 0 Å². The van der Waals surface area contributed by atoms with Crippen molar-refractivity contribution in [3.05, 3.63) is 42.0 Å². The first-order chi connectivity index (χ1) is 11.5. The molecule has 0 aliphatic carbocycles. The Morgan fingerprint density at radius 2 is 1.67 bits per heavy atom. The summed E-state index contributed by atoms with van der Waals surface area (Å²) in [5.74, 6) is -0.0344. The normalized spacial score (nSPS) is 15.7. The van der Waals surface area contributed by atoms with Gasteiger partial charge in [-0.3, -0.25) is 4.90 Å². The molecule has 0 unspecified atom stereocenters. The van der Waals surface area contributed by atoms with E-state index in [1.165, 1.54) is 0 Å². The molecular formula is C18H22N4O2. The number of nitrogens with zero attached hydrogens (tertiary/aromatic N) is 4. The van der Waals surface area contributed by atoms with Crippen LogP contribution in [-0.4, -0.2) is 58.4 Å². The van der Waals surface area contributed by atoms with Gasteiger partial charge in [0.05, 0.1) is 11.3 Å². The van der Waals surface area contributed by atoms with Crippen LogP contribution in [0.1, 0.15) is 24.2 Å². The van der Waals surface area contributed by atoms with Gasteiger partial charge in [-0.2, -0.15) is 0 Å². The molecule has 2 heterocycles. The molecule has 0 radical (unpaired) electrons. The van der Waals surface area contributed by atoms with Crippen molar-refractivity contribution in [1.29, 1.82) is 0 Å². The maximum atomic E-state index is 10.9. The number of hydrogen-bond acceptors (Lipinski definition) is 5. The van der Waals surface area contributed by atoms with Crippen molar-refractivity contribution in [3.8, 4) is 11.3 Å². The number of aromatic carboxylic acids is 1. The summed E-state index contributed by atoms with van der Waals surface area (Å²) >= 11 is 0. The number of carboxylic acid groups (broad SMARTS) is 1. The number of rotatable bonds is 4. The van der Waals surface area contributed by atoms with Crippen molar-refractivity contribution in [2.45, 2.75) is 19.9 Å². The molecule has 6 heteroatoms. The van der Waals surface area contributed by atoms with Gasteiger partial charge in [0.1, 0.15) is 0 Å². The van der Waals surface area contributed by atoms with Gasteiger partial charge in [0.25, 0.3) is 0 Å². The second-order valence-corrected chi connectivity index (χ2v) is 6.28. The summed E-state index contributed by atoms with van der Waals surface area (Å²) in [6.07, 6.45) is 0. The fourth-order valence-corrected chi connectivity index (χ4v) is 2.90. The molecule has 126 valence electrons. The molecule has 1 aliphatic heterocycles. The highest BCUT2D eigenvalue weighted by Crippen LogP contribution is 2.20. The van der Waals surface area contributed by atoms with Gasteiger partial charge in [-0.1, -0.05) is 12.1 Å². The zero-order valence-electron chi connectivity index (χ0n) is 14.0. The van der Waals surface area contributed by atoms with Gasteiger partial charge in [-0.25, -0.2) is 4.79 Å². The van der Waals surface area contributed by atoms with Gasteiger partial charge in [-0.15, -0.1) is 10.2 Å². The summed E-state index contributed by atoms with van der Waals surface area (Å²) in [6.45, 7) is 8.44. The Morgan fingerprint density at radius 3 is 2.17 bits per heavy atom. The zero-order chi connectivity index (χ0) is 17.1. The Labute approximate surface area is 141 Å². The fourth-order valence-electron chi connectivity index (χ4n) is 2.90. The molecule has 24 heavy (non-hydrogen) atoms. The molecule has 0 bridgehead atoms. The molecule has 1 saturated heterocycles. The molecule has 3 rings (SSSR count). The van der Waals surface area contributed by atoms with E-state index in [-0.39, 0.29) is 5.56 Å². The van der Waals surface area contributed by atoms with Crippen LogP contribution in [0.3, 0.4) is 0 Å². The second-order valence-electron chi connectivity index (χ2n) is 6.28. The third-order valence-corrected chi connectivity index (χ3v) is 4.45. The second kappa shape index (κ2) is 6.97. The minimum Gasteiger partial charge on any atom is -0.478 e. The summed E-state index contributed by atoms with van der Waals surface area (Å²) in [5, 5.41) is 17.6. The van der Waals surface area contributed by atoms with Crippen molar-refractivity contribution in [2.75, 3.05) is 31.1 Å². The molecule has 1 aromatic heterocycles. The van der Waals surface area contributed by atoms with Gasteiger partial charge in [0.2, 0.25) is 0 Å². The first-order valence-electron chi connectivity index (χ1n) is 8.21. The number of carbonyl (C=O) groups is 1. The molecule has 1 aromatic carbocycles. The number of benzene rings is 1. The molecule has 0 atom stereocenters. The topological polar surface area (TPSA) is 69.6 Å². The van der Waals surface area contributed by atoms with Gasteiger partial charge < -0.3 is 10.0 Å². The van der Waals surface area contributed by atoms with Gasteiger partial charge >= 0.3 is 5.97 Å². The van der Waals surface area contributed by atoms with Crippen molar-refractivity contribution >= 4 is 11.8 Å². The maximum absolute atomic E-state index is 10.9. The number of piperazine rings is 1. The van der Waals surface area contributed by atoms with Crippen LogP contribution in [0.25, 0.3) is 11.3 Å². The number of hydrogen-bond donors (Lipinski definition) is 1. The van der Waals surface area contributed by atoms with E-state index in [9.17, 15) is 4.79 Å². The summed E-state index contributed by atoms with van der Waals surface area (Å²) in [5.41, 5.74) is 1.88. The molecule has 1 aliphatic rings. The Balaban J connectivity index is 1.68. The average molecular weight is 326 g/mol. The van der Waals surface area contributed by atoms with E-state index in [1.54, 1.807) is 24.3 Å². The molecule has 0 amide bonds. The summed E-state index contributed by atoms with van der Waals surface area (Å²) in [7, 11) is 0. The molecule has 1 N–H and O–H groups in total. The number of carboxylic acids is 1. The van der Waals surface area contributed by atoms with Crippen molar-refractivity contribution in [1.82, 2.24) is 15.1 Å². The van der Waals surface area contributed by atoms with Crippen LogP contribution < -0.4 is 4.90 Å². The lowest BCUT2D eigenvalue weighted by molar-refractivity contribution is 0.0697. The Kier molecular flexibility index (Phi) is 4.76. The van der Waals surface area contributed by atoms with Crippen molar-refractivity contribution < 1.29 is 9.90 Å². The van der Waals surface area contributed by atoms with Crippen LogP contribution >= 0.6 is 0 Å². The van der Waals surface area contributed by atoms with E-state index in [0.29, 0.717) is 6.04 Å². The third kappa shape index (κ3) is 3.54. The minimum atomic E-state index is -0.927. The summed E-state index contributed by atoms with van der Waals surface area (Å²) in [6, 6.07) is 11.2. The van der Waals surface area contributed by atoms with Gasteiger partial charge in [-0.05, 0) is 38.1 Å². The predicted octanol–water partition coefficient (Wildman–Crippen LogP) is 2.37. The molecular weight excluding hydrogens is 304 g/mol. The van der Waals surface area contributed by atoms with Crippen LogP contribution in [0.5, 0.6) is 0 Å². The summed E-state index contributed by atoms with van der Waals surface area (Å²) < 4.78 is 0. The van der Waals surface area contributed by atoms with E-state index in [1.807, 2.05) is 12.1 Å². The molecule has 1 fully saturated rings. The Hall–Kier alpha value is -2.47. The van der Waals surface area contributed by atoms with E-state index in [0.717, 1.165) is 43.3 Å². The number of anilines is 1. The van der Waals surface area contributed by atoms with Gasteiger partial charge in [0, 0.05) is 37.8 Å². The van der Waals surface area contributed by atoms with E-state index in [2.05, 4.69) is 33.8 Å².